The Hall–Kier alpha value is -2.51. The van der Waals surface area contributed by atoms with E-state index in [-0.39, 0.29) is 29.3 Å². The van der Waals surface area contributed by atoms with Gasteiger partial charge in [-0.05, 0) is 6.07 Å². The van der Waals surface area contributed by atoms with Crippen molar-refractivity contribution in [2.24, 2.45) is 0 Å². The Morgan fingerprint density at radius 1 is 1.00 bits per heavy atom. The molecule has 1 aromatic heterocycles. The van der Waals surface area contributed by atoms with E-state index < -0.39 is 0 Å². The van der Waals surface area contributed by atoms with E-state index in [1.807, 2.05) is 48.7 Å². The molecule has 0 fully saturated rings. The maximum Gasteiger partial charge on any atom is 0.227 e. The van der Waals surface area contributed by atoms with Gasteiger partial charge in [-0.25, -0.2) is 0 Å². The van der Waals surface area contributed by atoms with E-state index in [0.717, 1.165) is 10.8 Å². The first-order valence-corrected chi connectivity index (χ1v) is 6.68. The largest absolute Gasteiger partial charge is 1.00 e. The van der Waals surface area contributed by atoms with Crippen molar-refractivity contribution in [1.29, 1.82) is 5.26 Å². The lowest BCUT2D eigenvalue weighted by Gasteiger charge is -2.01. The summed E-state index contributed by atoms with van der Waals surface area (Å²) in [6, 6.07) is 19.1. The first kappa shape index (κ1) is 15.9. The van der Waals surface area contributed by atoms with Crippen LogP contribution in [0.1, 0.15) is 15.9 Å². The van der Waals surface area contributed by atoms with E-state index in [9.17, 15) is 10.1 Å². The van der Waals surface area contributed by atoms with Crippen LogP contribution in [0, 0.1) is 11.3 Å². The lowest BCUT2D eigenvalue weighted by molar-refractivity contribution is -0.682. The van der Waals surface area contributed by atoms with Crippen LogP contribution in [0.5, 0.6) is 0 Å². The summed E-state index contributed by atoms with van der Waals surface area (Å²) in [6.45, 7) is 0.226. The minimum Gasteiger partial charge on any atom is -1.00 e. The monoisotopic (exact) mass is 352 g/mol. The van der Waals surface area contributed by atoms with Gasteiger partial charge in [0.1, 0.15) is 11.6 Å². The van der Waals surface area contributed by atoms with Crippen LogP contribution in [-0.2, 0) is 6.54 Å². The smallest absolute Gasteiger partial charge is 0.227 e. The molecule has 3 nitrogen and oxygen atoms in total. The highest BCUT2D eigenvalue weighted by Crippen LogP contribution is 2.15. The van der Waals surface area contributed by atoms with Crippen molar-refractivity contribution < 1.29 is 26.3 Å². The van der Waals surface area contributed by atoms with Crippen molar-refractivity contribution in [2.75, 3.05) is 0 Å². The summed E-state index contributed by atoms with van der Waals surface area (Å²) in [7, 11) is 0. The number of halogens is 1. The lowest BCUT2D eigenvalue weighted by atomic mass is 10.1. The number of carbonyl (C=O) groups is 1. The van der Waals surface area contributed by atoms with Crippen LogP contribution >= 0.6 is 0 Å². The van der Waals surface area contributed by atoms with Gasteiger partial charge in [0.25, 0.3) is 0 Å². The average molecular weight is 353 g/mol. The quantitative estimate of drug-likeness (QED) is 0.487. The molecule has 0 spiro atoms. The number of nitriles is 1. The number of aromatic nitrogens is 1. The molecular weight excluding hydrogens is 340 g/mol. The number of benzene rings is 2. The molecule has 0 unspecified atom stereocenters. The predicted molar refractivity (Wildman–Crippen MR) is 79.6 cm³/mol. The van der Waals surface area contributed by atoms with E-state index >= 15 is 0 Å². The summed E-state index contributed by atoms with van der Waals surface area (Å²) in [5.41, 5.74) is 1.26. The highest BCUT2D eigenvalue weighted by Gasteiger charge is 2.14. The van der Waals surface area contributed by atoms with Crippen LogP contribution in [-0.4, -0.2) is 5.78 Å². The van der Waals surface area contributed by atoms with Gasteiger partial charge in [0.15, 0.2) is 12.4 Å². The second-order valence-electron chi connectivity index (χ2n) is 4.83. The lowest BCUT2D eigenvalue weighted by Crippen LogP contribution is -3.00. The molecule has 0 aliphatic carbocycles. The molecule has 0 atom stereocenters. The third-order valence-corrected chi connectivity index (χ3v) is 3.39. The van der Waals surface area contributed by atoms with Crippen molar-refractivity contribution in [2.45, 2.75) is 6.54 Å². The van der Waals surface area contributed by atoms with Gasteiger partial charge >= 0.3 is 0 Å². The standard InChI is InChI=1S/C18H13N2O.BrH/c19-10-16-12-20(11-15-8-4-5-9-17(15)16)13-18(21)14-6-2-1-3-7-14;/h1-9,11-12H,13H2;1H/q+1;/p-1. The fourth-order valence-corrected chi connectivity index (χ4v) is 2.37. The average Bonchev–Trinajstić information content (AvgIpc) is 2.55. The number of rotatable bonds is 3. The zero-order valence-electron chi connectivity index (χ0n) is 11.7. The van der Waals surface area contributed by atoms with Gasteiger partial charge in [0.2, 0.25) is 12.3 Å². The van der Waals surface area contributed by atoms with Gasteiger partial charge in [-0.15, -0.1) is 0 Å². The number of nitrogens with zero attached hydrogens (tertiary/aromatic N) is 2. The zero-order valence-corrected chi connectivity index (χ0v) is 13.3. The van der Waals surface area contributed by atoms with Gasteiger partial charge in [-0.3, -0.25) is 4.79 Å². The minimum atomic E-state index is 0. The molecule has 0 bridgehead atoms. The Labute approximate surface area is 139 Å². The number of fused-ring (bicyclic) bond motifs is 1. The van der Waals surface area contributed by atoms with Crippen LogP contribution in [0.15, 0.2) is 67.0 Å². The first-order valence-electron chi connectivity index (χ1n) is 6.68. The van der Waals surface area contributed by atoms with Crippen LogP contribution < -0.4 is 21.5 Å². The van der Waals surface area contributed by atoms with Crippen LogP contribution in [0.2, 0.25) is 0 Å². The van der Waals surface area contributed by atoms with Crippen molar-refractivity contribution in [3.05, 3.63) is 78.1 Å². The van der Waals surface area contributed by atoms with Crippen molar-refractivity contribution >= 4 is 16.6 Å². The Balaban J connectivity index is 0.00000176. The number of ketones is 1. The third kappa shape index (κ3) is 3.21. The molecule has 0 aliphatic heterocycles. The van der Waals surface area contributed by atoms with Crippen LogP contribution in [0.3, 0.4) is 0 Å². The number of carbonyl (C=O) groups excluding carboxylic acids is 1. The van der Waals surface area contributed by atoms with Crippen LogP contribution in [0.25, 0.3) is 10.8 Å². The third-order valence-electron chi connectivity index (χ3n) is 3.39. The van der Waals surface area contributed by atoms with E-state index in [1.165, 1.54) is 0 Å². The molecule has 0 aliphatic rings. The van der Waals surface area contributed by atoms with Crippen molar-refractivity contribution in [3.63, 3.8) is 0 Å². The molecule has 108 valence electrons. The topological polar surface area (TPSA) is 44.7 Å². The number of Topliss-reactive ketones (excluding diaryl/α,β-unsaturated/α-hetero) is 1. The highest BCUT2D eigenvalue weighted by molar-refractivity contribution is 5.95. The summed E-state index contributed by atoms with van der Waals surface area (Å²) in [5.74, 6) is 0.0276. The molecule has 0 saturated carbocycles. The van der Waals surface area contributed by atoms with Crippen molar-refractivity contribution in [3.8, 4) is 6.07 Å². The molecule has 2 aromatic carbocycles. The summed E-state index contributed by atoms with van der Waals surface area (Å²) < 4.78 is 1.77. The first-order chi connectivity index (χ1) is 10.3. The molecule has 3 rings (SSSR count). The molecular formula is C18H13BrN2O. The van der Waals surface area contributed by atoms with Gasteiger partial charge in [0, 0.05) is 16.3 Å². The van der Waals surface area contributed by atoms with E-state index in [2.05, 4.69) is 6.07 Å². The normalized spacial score (nSPS) is 9.77. The van der Waals surface area contributed by atoms with Gasteiger partial charge < -0.3 is 17.0 Å². The molecule has 22 heavy (non-hydrogen) atoms. The zero-order chi connectivity index (χ0) is 14.7. The summed E-state index contributed by atoms with van der Waals surface area (Å²) in [5, 5.41) is 11.1. The number of hydrogen-bond acceptors (Lipinski definition) is 2. The fourth-order valence-electron chi connectivity index (χ4n) is 2.37. The molecule has 0 amide bonds. The second-order valence-corrected chi connectivity index (χ2v) is 4.83. The Bertz CT molecular complexity index is 854. The Morgan fingerprint density at radius 3 is 2.41 bits per heavy atom. The maximum absolute atomic E-state index is 12.2. The molecule has 1 heterocycles. The molecule has 3 aromatic rings. The Morgan fingerprint density at radius 2 is 1.68 bits per heavy atom. The van der Waals surface area contributed by atoms with Gasteiger partial charge in [-0.2, -0.15) is 9.83 Å². The SMILES string of the molecule is N#Cc1c[n+](CC(=O)c2ccccc2)cc2ccccc12.[Br-]. The van der Waals surface area contributed by atoms with E-state index in [4.69, 9.17) is 0 Å². The van der Waals surface area contributed by atoms with Gasteiger partial charge in [0.05, 0.1) is 0 Å². The van der Waals surface area contributed by atoms with Crippen molar-refractivity contribution in [1.82, 2.24) is 0 Å². The number of hydrogen-bond donors (Lipinski definition) is 0. The predicted octanol–water partition coefficient (Wildman–Crippen LogP) is -0.114. The summed E-state index contributed by atoms with van der Waals surface area (Å²) in [4.78, 5) is 12.2. The summed E-state index contributed by atoms with van der Waals surface area (Å²) >= 11 is 0. The molecule has 0 saturated heterocycles. The summed E-state index contributed by atoms with van der Waals surface area (Å²) in [6.07, 6.45) is 3.63. The highest BCUT2D eigenvalue weighted by atomic mass is 79.9. The second kappa shape index (κ2) is 6.97. The fraction of sp³-hybridized carbons (Fsp3) is 0.0556. The van der Waals surface area contributed by atoms with Gasteiger partial charge in [-0.1, -0.05) is 48.5 Å². The minimum absolute atomic E-state index is 0. The van der Waals surface area contributed by atoms with E-state index in [1.54, 1.807) is 22.9 Å². The molecule has 4 heteroatoms. The van der Waals surface area contributed by atoms with Crippen LogP contribution in [0.4, 0.5) is 0 Å². The maximum atomic E-state index is 12.2. The molecule has 0 N–H and O–H groups in total. The van der Waals surface area contributed by atoms with E-state index in [0.29, 0.717) is 11.1 Å². The number of pyridine rings is 1. The Kier molecular flexibility index (Phi) is 5.03. The molecule has 0 radical (unpaired) electrons.